The van der Waals surface area contributed by atoms with Gasteiger partial charge in [-0.05, 0) is 32.0 Å². The van der Waals surface area contributed by atoms with E-state index in [0.29, 0.717) is 12.5 Å². The number of likely N-dealkylation sites (N-methyl/N-ethyl adjacent to an activating group) is 1. The molecular weight excluding hydrogens is 240 g/mol. The van der Waals surface area contributed by atoms with Crippen molar-refractivity contribution in [3.8, 4) is 0 Å². The van der Waals surface area contributed by atoms with Gasteiger partial charge < -0.3 is 14.9 Å². The summed E-state index contributed by atoms with van der Waals surface area (Å²) in [7, 11) is 0. The molecule has 0 heterocycles. The Kier molecular flexibility index (Phi) is 9.88. The molecule has 0 aliphatic heterocycles. The summed E-state index contributed by atoms with van der Waals surface area (Å²) in [6, 6.07) is 0. The van der Waals surface area contributed by atoms with Gasteiger partial charge in [0.1, 0.15) is 0 Å². The number of hydrogen-bond acceptors (Lipinski definition) is 3. The van der Waals surface area contributed by atoms with Crippen LogP contribution >= 0.6 is 0 Å². The van der Waals surface area contributed by atoms with E-state index in [4.69, 9.17) is 5.11 Å². The Hall–Kier alpha value is -0.610. The van der Waals surface area contributed by atoms with E-state index in [-0.39, 0.29) is 5.92 Å². The van der Waals surface area contributed by atoms with Crippen molar-refractivity contribution in [2.45, 2.75) is 41.0 Å². The zero-order valence-electron chi connectivity index (χ0n) is 13.4. The molecule has 0 saturated heterocycles. The van der Waals surface area contributed by atoms with E-state index in [1.165, 1.54) is 0 Å². The molecule has 0 radical (unpaired) electrons. The molecule has 4 nitrogen and oxygen atoms in total. The molecule has 1 N–H and O–H groups in total. The summed E-state index contributed by atoms with van der Waals surface area (Å²) in [5.41, 5.74) is 0. The molecule has 0 aromatic carbocycles. The number of nitrogens with zero attached hydrogens (tertiary/aromatic N) is 2. The largest absolute Gasteiger partial charge is 0.481 e. The second kappa shape index (κ2) is 10.2. The van der Waals surface area contributed by atoms with Gasteiger partial charge in [0, 0.05) is 19.6 Å². The summed E-state index contributed by atoms with van der Waals surface area (Å²) in [6.07, 6.45) is 1.13. The van der Waals surface area contributed by atoms with E-state index < -0.39 is 5.97 Å². The fourth-order valence-electron chi connectivity index (χ4n) is 2.02. The van der Waals surface area contributed by atoms with E-state index >= 15 is 0 Å². The van der Waals surface area contributed by atoms with Gasteiger partial charge >= 0.3 is 5.97 Å². The van der Waals surface area contributed by atoms with E-state index in [1.807, 2.05) is 0 Å². The van der Waals surface area contributed by atoms with Crippen LogP contribution in [0.15, 0.2) is 0 Å². The molecule has 0 aromatic rings. The first-order valence-corrected chi connectivity index (χ1v) is 7.58. The molecule has 0 spiro atoms. The molecule has 1 unspecified atom stereocenters. The molecule has 19 heavy (non-hydrogen) atoms. The van der Waals surface area contributed by atoms with Crippen molar-refractivity contribution in [3.05, 3.63) is 0 Å². The Labute approximate surface area is 118 Å². The third-order valence-electron chi connectivity index (χ3n) is 3.60. The van der Waals surface area contributed by atoms with Gasteiger partial charge in [-0.2, -0.15) is 0 Å². The van der Waals surface area contributed by atoms with Crippen molar-refractivity contribution in [2.24, 2.45) is 11.8 Å². The number of carbonyl (C=O) groups is 1. The van der Waals surface area contributed by atoms with Crippen LogP contribution in [0.1, 0.15) is 41.0 Å². The van der Waals surface area contributed by atoms with E-state index in [0.717, 1.165) is 39.1 Å². The minimum atomic E-state index is -0.697. The van der Waals surface area contributed by atoms with Crippen LogP contribution < -0.4 is 0 Å². The monoisotopic (exact) mass is 272 g/mol. The molecule has 0 fully saturated rings. The lowest BCUT2D eigenvalue weighted by atomic mass is 10.1. The zero-order valence-corrected chi connectivity index (χ0v) is 13.4. The van der Waals surface area contributed by atoms with Crippen LogP contribution in [0.3, 0.4) is 0 Å². The summed E-state index contributed by atoms with van der Waals surface area (Å²) in [4.78, 5) is 15.7. The Morgan fingerprint density at radius 2 is 1.53 bits per heavy atom. The molecule has 114 valence electrons. The molecule has 0 amide bonds. The Bertz CT molecular complexity index is 240. The first-order chi connectivity index (χ1) is 8.90. The van der Waals surface area contributed by atoms with Crippen molar-refractivity contribution in [1.29, 1.82) is 0 Å². The van der Waals surface area contributed by atoms with Gasteiger partial charge in [0.15, 0.2) is 0 Å². The van der Waals surface area contributed by atoms with Gasteiger partial charge in [-0.1, -0.05) is 34.6 Å². The average molecular weight is 272 g/mol. The predicted molar refractivity (Wildman–Crippen MR) is 80.5 cm³/mol. The van der Waals surface area contributed by atoms with Crippen LogP contribution in [0.5, 0.6) is 0 Å². The van der Waals surface area contributed by atoms with E-state index in [1.54, 1.807) is 6.92 Å². The third kappa shape index (κ3) is 9.00. The Morgan fingerprint density at radius 3 is 1.95 bits per heavy atom. The zero-order chi connectivity index (χ0) is 14.8. The van der Waals surface area contributed by atoms with Crippen LogP contribution in [-0.2, 0) is 4.79 Å². The van der Waals surface area contributed by atoms with Crippen LogP contribution in [0.25, 0.3) is 0 Å². The van der Waals surface area contributed by atoms with Crippen molar-refractivity contribution < 1.29 is 9.90 Å². The minimum absolute atomic E-state index is 0.288. The van der Waals surface area contributed by atoms with Crippen LogP contribution in [-0.4, -0.2) is 60.1 Å². The fraction of sp³-hybridized carbons (Fsp3) is 0.933. The molecule has 0 saturated carbocycles. The quantitative estimate of drug-likeness (QED) is 0.627. The molecular formula is C15H32N2O2. The van der Waals surface area contributed by atoms with Gasteiger partial charge in [-0.15, -0.1) is 0 Å². The SMILES string of the molecule is CCN(CC)CCN(CCC(C)C)CC(C)C(=O)O. The van der Waals surface area contributed by atoms with Gasteiger partial charge in [0.2, 0.25) is 0 Å². The normalized spacial score (nSPS) is 13.5. The lowest BCUT2D eigenvalue weighted by Gasteiger charge is -2.28. The molecule has 0 bridgehead atoms. The second-order valence-corrected chi connectivity index (χ2v) is 5.75. The van der Waals surface area contributed by atoms with Gasteiger partial charge in [-0.25, -0.2) is 0 Å². The van der Waals surface area contributed by atoms with Gasteiger partial charge in [0.25, 0.3) is 0 Å². The average Bonchev–Trinajstić information content (AvgIpc) is 2.36. The fourth-order valence-corrected chi connectivity index (χ4v) is 2.02. The van der Waals surface area contributed by atoms with E-state index in [2.05, 4.69) is 37.5 Å². The van der Waals surface area contributed by atoms with E-state index in [9.17, 15) is 4.79 Å². The Morgan fingerprint density at radius 1 is 1.00 bits per heavy atom. The first kappa shape index (κ1) is 18.4. The number of rotatable bonds is 11. The standard InChI is InChI=1S/C15H32N2O2/c1-6-16(7-2)10-11-17(9-8-13(3)4)12-14(5)15(18)19/h13-14H,6-12H2,1-5H3,(H,18,19). The molecule has 0 aromatic heterocycles. The second-order valence-electron chi connectivity index (χ2n) is 5.75. The highest BCUT2D eigenvalue weighted by Crippen LogP contribution is 2.06. The first-order valence-electron chi connectivity index (χ1n) is 7.58. The summed E-state index contributed by atoms with van der Waals surface area (Å²) < 4.78 is 0. The van der Waals surface area contributed by atoms with Crippen LogP contribution in [0.2, 0.25) is 0 Å². The van der Waals surface area contributed by atoms with Crippen molar-refractivity contribution in [3.63, 3.8) is 0 Å². The van der Waals surface area contributed by atoms with Gasteiger partial charge in [0.05, 0.1) is 5.92 Å². The molecule has 0 aliphatic carbocycles. The third-order valence-corrected chi connectivity index (χ3v) is 3.60. The van der Waals surface area contributed by atoms with Crippen molar-refractivity contribution in [2.75, 3.05) is 39.3 Å². The summed E-state index contributed by atoms with van der Waals surface area (Å²) >= 11 is 0. The maximum Gasteiger partial charge on any atom is 0.307 e. The number of hydrogen-bond donors (Lipinski definition) is 1. The highest BCUT2D eigenvalue weighted by molar-refractivity contribution is 5.69. The number of carboxylic acids is 1. The van der Waals surface area contributed by atoms with Crippen LogP contribution in [0, 0.1) is 11.8 Å². The maximum absolute atomic E-state index is 11.0. The summed E-state index contributed by atoms with van der Waals surface area (Å²) in [5, 5.41) is 9.04. The lowest BCUT2D eigenvalue weighted by molar-refractivity contribution is -0.141. The van der Waals surface area contributed by atoms with Gasteiger partial charge in [-0.3, -0.25) is 4.79 Å². The topological polar surface area (TPSA) is 43.8 Å². The summed E-state index contributed by atoms with van der Waals surface area (Å²) in [5.74, 6) is -0.322. The predicted octanol–water partition coefficient (Wildman–Crippen LogP) is 2.40. The molecule has 0 aliphatic rings. The maximum atomic E-state index is 11.0. The molecule has 0 rings (SSSR count). The van der Waals surface area contributed by atoms with Crippen LogP contribution in [0.4, 0.5) is 0 Å². The number of aliphatic carboxylic acids is 1. The minimum Gasteiger partial charge on any atom is -0.481 e. The highest BCUT2D eigenvalue weighted by Gasteiger charge is 2.16. The molecule has 1 atom stereocenters. The Balaban J connectivity index is 4.27. The highest BCUT2D eigenvalue weighted by atomic mass is 16.4. The van der Waals surface area contributed by atoms with Crippen molar-refractivity contribution in [1.82, 2.24) is 9.80 Å². The number of carboxylic acid groups (broad SMARTS) is 1. The molecule has 4 heteroatoms. The smallest absolute Gasteiger partial charge is 0.307 e. The van der Waals surface area contributed by atoms with Crippen molar-refractivity contribution >= 4 is 5.97 Å². The lowest BCUT2D eigenvalue weighted by Crippen LogP contribution is -2.39. The summed E-state index contributed by atoms with van der Waals surface area (Å²) in [6.45, 7) is 16.3.